The van der Waals surface area contributed by atoms with Gasteiger partial charge in [-0.3, -0.25) is 0 Å². The summed E-state index contributed by atoms with van der Waals surface area (Å²) in [5, 5.41) is 0. The second-order valence-electron chi connectivity index (χ2n) is 8.03. The van der Waals surface area contributed by atoms with Crippen molar-refractivity contribution in [2.75, 3.05) is 0 Å². The number of rotatable bonds is 1. The van der Waals surface area contributed by atoms with Crippen LogP contribution in [-0.4, -0.2) is 19.9 Å². The largest absolute Gasteiger partial charge is 0.355 e. The standard InChI is InChI=1S/C26H13F5N4/c27-22-21(23(28)25(30)26(31)24(22)29)19-10-18-9-16-4-3-14(33-16)7-12-1-2-13(32-12)8-15-5-6-17(34-15)11-20(19)35-18/h1-11,32,35H. The smallest absolute Gasteiger partial charge is 0.200 e. The maximum absolute atomic E-state index is 14.7. The highest BCUT2D eigenvalue weighted by atomic mass is 19.2. The lowest BCUT2D eigenvalue weighted by Crippen LogP contribution is -2.03. The van der Waals surface area contributed by atoms with Gasteiger partial charge in [-0.25, -0.2) is 31.9 Å². The van der Waals surface area contributed by atoms with Gasteiger partial charge in [0.2, 0.25) is 5.82 Å². The van der Waals surface area contributed by atoms with Crippen molar-refractivity contribution in [3.05, 3.63) is 94.3 Å². The molecule has 1 aromatic carbocycles. The van der Waals surface area contributed by atoms with Crippen LogP contribution in [0.25, 0.3) is 57.5 Å². The van der Waals surface area contributed by atoms with Gasteiger partial charge in [0.15, 0.2) is 23.3 Å². The SMILES string of the molecule is Fc1c(F)c(F)c(-c2cc3cc4nc(cc5ccc(cc6nc(cc2[nH]3)C=C6)[nH]5)C=C4)c(F)c1F. The molecule has 4 aromatic rings. The van der Waals surface area contributed by atoms with Gasteiger partial charge >= 0.3 is 0 Å². The highest BCUT2D eigenvalue weighted by molar-refractivity contribution is 5.88. The summed E-state index contributed by atoms with van der Waals surface area (Å²) in [7, 11) is 0. The molecule has 0 atom stereocenters. The van der Waals surface area contributed by atoms with Crippen molar-refractivity contribution >= 4 is 46.4 Å². The van der Waals surface area contributed by atoms with E-state index in [0.717, 1.165) is 11.0 Å². The van der Waals surface area contributed by atoms with E-state index in [2.05, 4.69) is 19.9 Å². The molecule has 2 N–H and O–H groups in total. The number of hydrogen-bond donors (Lipinski definition) is 2. The van der Waals surface area contributed by atoms with E-state index in [4.69, 9.17) is 0 Å². The fraction of sp³-hybridized carbons (Fsp3) is 0. The number of halogens is 5. The number of nitrogens with one attached hydrogen (secondary N) is 2. The Morgan fingerprint density at radius 1 is 0.486 bits per heavy atom. The topological polar surface area (TPSA) is 57.4 Å². The monoisotopic (exact) mass is 476 g/mol. The van der Waals surface area contributed by atoms with E-state index in [1.54, 1.807) is 30.4 Å². The molecular weight excluding hydrogens is 463 g/mol. The Hall–Kier alpha value is -4.53. The molecule has 4 nitrogen and oxygen atoms in total. The molecule has 0 saturated heterocycles. The third-order valence-electron chi connectivity index (χ3n) is 5.65. The lowest BCUT2D eigenvalue weighted by molar-refractivity contribution is 0.381. The molecule has 0 radical (unpaired) electrons. The van der Waals surface area contributed by atoms with Gasteiger partial charge < -0.3 is 9.97 Å². The molecule has 0 unspecified atom stereocenters. The zero-order valence-electron chi connectivity index (χ0n) is 17.6. The van der Waals surface area contributed by atoms with Crippen LogP contribution in [0.2, 0.25) is 0 Å². The maximum Gasteiger partial charge on any atom is 0.200 e. The van der Waals surface area contributed by atoms with Crippen LogP contribution in [0.3, 0.4) is 0 Å². The van der Waals surface area contributed by atoms with Gasteiger partial charge in [-0.1, -0.05) is 0 Å². The first-order chi connectivity index (χ1) is 16.9. The Morgan fingerprint density at radius 2 is 0.943 bits per heavy atom. The predicted octanol–water partition coefficient (Wildman–Crippen LogP) is 7.02. The lowest BCUT2D eigenvalue weighted by atomic mass is 10.0. The molecule has 2 aliphatic rings. The third kappa shape index (κ3) is 3.61. The molecule has 0 saturated carbocycles. The van der Waals surface area contributed by atoms with Crippen molar-refractivity contribution in [1.82, 2.24) is 19.9 Å². The van der Waals surface area contributed by atoms with E-state index in [9.17, 15) is 22.0 Å². The Bertz CT molecular complexity index is 1730. The van der Waals surface area contributed by atoms with E-state index in [1.165, 1.54) is 12.1 Å². The summed E-state index contributed by atoms with van der Waals surface area (Å²) in [6, 6.07) is 11.8. The first kappa shape index (κ1) is 21.0. The van der Waals surface area contributed by atoms with Gasteiger partial charge in [0.05, 0.1) is 28.3 Å². The molecule has 0 spiro atoms. The van der Waals surface area contributed by atoms with E-state index >= 15 is 0 Å². The average molecular weight is 476 g/mol. The summed E-state index contributed by atoms with van der Waals surface area (Å²) in [6.07, 6.45) is 6.95. The number of fused-ring (bicyclic) bond motifs is 8. The fourth-order valence-electron chi connectivity index (χ4n) is 4.07. The highest BCUT2D eigenvalue weighted by Gasteiger charge is 2.27. The van der Waals surface area contributed by atoms with Gasteiger partial charge in [0.1, 0.15) is 0 Å². The molecule has 3 aromatic heterocycles. The summed E-state index contributed by atoms with van der Waals surface area (Å²) in [4.78, 5) is 15.2. The number of nitrogens with zero attached hydrogens (tertiary/aromatic N) is 2. The minimum absolute atomic E-state index is 0.122. The molecule has 172 valence electrons. The molecule has 8 bridgehead atoms. The van der Waals surface area contributed by atoms with E-state index in [0.29, 0.717) is 28.3 Å². The molecule has 0 fully saturated rings. The van der Waals surface area contributed by atoms with Crippen molar-refractivity contribution in [3.63, 3.8) is 0 Å². The lowest BCUT2D eigenvalue weighted by Gasteiger charge is -2.07. The van der Waals surface area contributed by atoms with Gasteiger partial charge in [-0.05, 0) is 66.8 Å². The summed E-state index contributed by atoms with van der Waals surface area (Å²) in [6.45, 7) is 0. The molecule has 0 amide bonds. The normalized spacial score (nSPS) is 12.5. The zero-order chi connectivity index (χ0) is 24.3. The number of H-pyrrole nitrogens is 2. The first-order valence-electron chi connectivity index (χ1n) is 10.5. The second kappa shape index (κ2) is 7.76. The quantitative estimate of drug-likeness (QED) is 0.152. The Morgan fingerprint density at radius 3 is 1.49 bits per heavy atom. The maximum atomic E-state index is 14.7. The van der Waals surface area contributed by atoms with Crippen LogP contribution in [0.15, 0.2) is 42.5 Å². The molecule has 2 aliphatic heterocycles. The van der Waals surface area contributed by atoms with Gasteiger partial charge in [-0.2, -0.15) is 0 Å². The van der Waals surface area contributed by atoms with Crippen LogP contribution in [-0.2, 0) is 0 Å². The van der Waals surface area contributed by atoms with Gasteiger partial charge in [-0.15, -0.1) is 0 Å². The van der Waals surface area contributed by atoms with Crippen LogP contribution in [0.5, 0.6) is 0 Å². The van der Waals surface area contributed by atoms with Crippen molar-refractivity contribution in [1.29, 1.82) is 0 Å². The Kier molecular flexibility index (Phi) is 4.67. The summed E-state index contributed by atoms with van der Waals surface area (Å²) in [5.74, 6) is -10.1. The van der Waals surface area contributed by atoms with Crippen molar-refractivity contribution < 1.29 is 22.0 Å². The number of aromatic amines is 2. The summed E-state index contributed by atoms with van der Waals surface area (Å²) < 4.78 is 70.9. The minimum atomic E-state index is -2.21. The number of hydrogen-bond acceptors (Lipinski definition) is 2. The van der Waals surface area contributed by atoms with Crippen molar-refractivity contribution in [2.45, 2.75) is 0 Å². The van der Waals surface area contributed by atoms with Crippen LogP contribution < -0.4 is 0 Å². The Balaban J connectivity index is 1.71. The van der Waals surface area contributed by atoms with E-state index in [-0.39, 0.29) is 11.1 Å². The van der Waals surface area contributed by atoms with Crippen molar-refractivity contribution in [2.24, 2.45) is 0 Å². The predicted molar refractivity (Wildman–Crippen MR) is 124 cm³/mol. The molecule has 35 heavy (non-hydrogen) atoms. The van der Waals surface area contributed by atoms with E-state index in [1.807, 2.05) is 24.3 Å². The van der Waals surface area contributed by atoms with Crippen LogP contribution in [0.1, 0.15) is 22.8 Å². The molecule has 0 aliphatic carbocycles. The van der Waals surface area contributed by atoms with Crippen molar-refractivity contribution in [3.8, 4) is 11.1 Å². The summed E-state index contributed by atoms with van der Waals surface area (Å²) in [5.41, 5.74) is 3.13. The first-order valence-corrected chi connectivity index (χ1v) is 10.5. The Labute approximate surface area is 194 Å². The van der Waals surface area contributed by atoms with Gasteiger partial charge in [0, 0.05) is 27.6 Å². The number of benzene rings is 1. The van der Waals surface area contributed by atoms with Crippen LogP contribution >= 0.6 is 0 Å². The molecule has 9 heteroatoms. The average Bonchev–Trinajstić information content (AvgIpc) is 3.62. The van der Waals surface area contributed by atoms with Crippen LogP contribution in [0.4, 0.5) is 22.0 Å². The van der Waals surface area contributed by atoms with E-state index < -0.39 is 34.6 Å². The number of aromatic nitrogens is 4. The minimum Gasteiger partial charge on any atom is -0.355 e. The highest BCUT2D eigenvalue weighted by Crippen LogP contribution is 2.35. The fourth-order valence-corrected chi connectivity index (χ4v) is 4.07. The summed E-state index contributed by atoms with van der Waals surface area (Å²) >= 11 is 0. The van der Waals surface area contributed by atoms with Crippen LogP contribution in [0, 0.1) is 29.1 Å². The zero-order valence-corrected chi connectivity index (χ0v) is 17.6. The molecule has 6 rings (SSSR count). The molecule has 5 heterocycles. The third-order valence-corrected chi connectivity index (χ3v) is 5.65. The molecular formula is C26H13F5N4. The second-order valence-corrected chi connectivity index (χ2v) is 8.03. The van der Waals surface area contributed by atoms with Gasteiger partial charge in [0.25, 0.3) is 0 Å².